The van der Waals surface area contributed by atoms with Crippen LogP contribution in [0.1, 0.15) is 0 Å². The van der Waals surface area contributed by atoms with E-state index in [9.17, 15) is 4.79 Å². The predicted molar refractivity (Wildman–Crippen MR) is 107 cm³/mol. The van der Waals surface area contributed by atoms with Gasteiger partial charge in [-0.25, -0.2) is 4.98 Å². The van der Waals surface area contributed by atoms with E-state index >= 15 is 0 Å². The molecule has 5 nitrogen and oxygen atoms in total. The summed E-state index contributed by atoms with van der Waals surface area (Å²) >= 11 is 0. The number of nitrogens with zero attached hydrogens (tertiary/aromatic N) is 2. The van der Waals surface area contributed by atoms with Gasteiger partial charge in [-0.05, 0) is 23.3 Å². The number of rotatable bonds is 5. The largest absolute Gasteiger partial charge is 0.375 e. The van der Waals surface area contributed by atoms with E-state index in [4.69, 9.17) is 9.72 Å². The average molecular weight is 357 g/mol. The third-order valence-corrected chi connectivity index (χ3v) is 4.32. The molecule has 1 amide bonds. The molecule has 0 aliphatic rings. The highest BCUT2D eigenvalue weighted by molar-refractivity contribution is 5.95. The second-order valence-electron chi connectivity index (χ2n) is 6.20. The second kappa shape index (κ2) is 7.43. The van der Waals surface area contributed by atoms with Crippen LogP contribution in [0.5, 0.6) is 0 Å². The Balaban J connectivity index is 1.65. The molecule has 0 saturated carbocycles. The lowest BCUT2D eigenvalue weighted by molar-refractivity contribution is -0.119. The highest BCUT2D eigenvalue weighted by Gasteiger charge is 2.10. The number of fused-ring (bicyclic) bond motifs is 1. The molecule has 0 aliphatic heterocycles. The van der Waals surface area contributed by atoms with Crippen molar-refractivity contribution < 1.29 is 9.53 Å². The van der Waals surface area contributed by atoms with Crippen molar-refractivity contribution in [1.29, 1.82) is 0 Å². The quantitative estimate of drug-likeness (QED) is 0.581. The maximum absolute atomic E-state index is 11.8. The topological polar surface area (TPSA) is 55.6 Å². The minimum atomic E-state index is -0.206. The molecule has 2 heterocycles. The molecular formula is C22H19N3O2. The van der Waals surface area contributed by atoms with E-state index < -0.39 is 0 Å². The van der Waals surface area contributed by atoms with Crippen LogP contribution in [0.15, 0.2) is 79.1 Å². The molecule has 2 aromatic heterocycles. The van der Waals surface area contributed by atoms with Gasteiger partial charge in [0.2, 0.25) is 5.91 Å². The number of hydrogen-bond acceptors (Lipinski definition) is 3. The summed E-state index contributed by atoms with van der Waals surface area (Å²) in [6.07, 6.45) is 3.87. The molecule has 2 aromatic carbocycles. The summed E-state index contributed by atoms with van der Waals surface area (Å²) in [6, 6.07) is 22.3. The molecule has 0 fully saturated rings. The zero-order valence-electron chi connectivity index (χ0n) is 14.9. The number of carbonyl (C=O) groups is 1. The van der Waals surface area contributed by atoms with Crippen molar-refractivity contribution in [3.05, 3.63) is 79.1 Å². The zero-order valence-corrected chi connectivity index (χ0v) is 14.9. The van der Waals surface area contributed by atoms with Gasteiger partial charge in [-0.3, -0.25) is 4.79 Å². The molecular weight excluding hydrogens is 338 g/mol. The maximum atomic E-state index is 11.8. The van der Waals surface area contributed by atoms with Gasteiger partial charge in [0.25, 0.3) is 0 Å². The molecule has 4 aromatic rings. The van der Waals surface area contributed by atoms with E-state index in [1.807, 2.05) is 47.1 Å². The maximum Gasteiger partial charge on any atom is 0.250 e. The van der Waals surface area contributed by atoms with Crippen LogP contribution in [0.3, 0.4) is 0 Å². The van der Waals surface area contributed by atoms with Crippen LogP contribution in [0.4, 0.5) is 5.69 Å². The number of pyridine rings is 1. The molecule has 5 heteroatoms. The Kier molecular flexibility index (Phi) is 4.68. The Morgan fingerprint density at radius 3 is 2.41 bits per heavy atom. The number of carbonyl (C=O) groups excluding carboxylic acids is 1. The lowest BCUT2D eigenvalue weighted by atomic mass is 10.0. The standard InChI is InChI=1S/C22H19N3O2/c1-27-15-21(26)23-19-8-5-13-25-14-20(24-22(19)25)18-11-9-17(10-12-18)16-6-3-2-4-7-16/h2-14H,15H2,1H3,(H,23,26). The van der Waals surface area contributed by atoms with Gasteiger partial charge in [-0.1, -0.05) is 54.6 Å². The fraction of sp³-hybridized carbons (Fsp3) is 0.0909. The first-order valence-electron chi connectivity index (χ1n) is 8.67. The van der Waals surface area contributed by atoms with Crippen molar-refractivity contribution in [1.82, 2.24) is 9.38 Å². The Morgan fingerprint density at radius 2 is 1.67 bits per heavy atom. The minimum absolute atomic E-state index is 0.00949. The summed E-state index contributed by atoms with van der Waals surface area (Å²) in [5, 5.41) is 2.83. The van der Waals surface area contributed by atoms with Gasteiger partial charge in [0, 0.05) is 25.1 Å². The molecule has 0 bridgehead atoms. The van der Waals surface area contributed by atoms with Crippen LogP contribution in [0.25, 0.3) is 28.0 Å². The number of nitrogens with one attached hydrogen (secondary N) is 1. The summed E-state index contributed by atoms with van der Waals surface area (Å²) in [6.45, 7) is 0.00949. The SMILES string of the molecule is COCC(=O)Nc1cccn2cc(-c3ccc(-c4ccccc4)cc3)nc12. The molecule has 1 N–H and O–H groups in total. The molecule has 0 radical (unpaired) electrons. The molecule has 0 spiro atoms. The van der Waals surface area contributed by atoms with Crippen molar-refractivity contribution in [3.8, 4) is 22.4 Å². The Hall–Kier alpha value is -3.44. The lowest BCUT2D eigenvalue weighted by Crippen LogP contribution is -2.17. The van der Waals surface area contributed by atoms with Crippen LogP contribution in [-0.4, -0.2) is 29.0 Å². The van der Waals surface area contributed by atoms with E-state index in [-0.39, 0.29) is 12.5 Å². The van der Waals surface area contributed by atoms with Crippen LogP contribution < -0.4 is 5.32 Å². The van der Waals surface area contributed by atoms with Crippen LogP contribution in [0, 0.1) is 0 Å². The first-order valence-corrected chi connectivity index (χ1v) is 8.67. The summed E-state index contributed by atoms with van der Waals surface area (Å²) in [5.41, 5.74) is 5.57. The number of hydrogen-bond donors (Lipinski definition) is 1. The molecule has 4 rings (SSSR count). The van der Waals surface area contributed by atoms with E-state index in [1.165, 1.54) is 12.7 Å². The monoisotopic (exact) mass is 357 g/mol. The summed E-state index contributed by atoms with van der Waals surface area (Å²) in [4.78, 5) is 16.5. The Labute approximate surface area is 157 Å². The number of amides is 1. The first kappa shape index (κ1) is 17.0. The molecule has 0 saturated heterocycles. The number of benzene rings is 2. The van der Waals surface area contributed by atoms with Crippen molar-refractivity contribution in [2.45, 2.75) is 0 Å². The highest BCUT2D eigenvalue weighted by atomic mass is 16.5. The molecule has 134 valence electrons. The third-order valence-electron chi connectivity index (χ3n) is 4.32. The van der Waals surface area contributed by atoms with Gasteiger partial charge < -0.3 is 14.5 Å². The molecule has 0 atom stereocenters. The van der Waals surface area contributed by atoms with E-state index in [2.05, 4.69) is 41.7 Å². The third kappa shape index (κ3) is 3.59. The summed E-state index contributed by atoms with van der Waals surface area (Å²) in [5.74, 6) is -0.206. The van der Waals surface area contributed by atoms with Crippen molar-refractivity contribution in [2.75, 3.05) is 19.0 Å². The number of ether oxygens (including phenoxy) is 1. The van der Waals surface area contributed by atoms with Crippen molar-refractivity contribution in [2.24, 2.45) is 0 Å². The number of anilines is 1. The van der Waals surface area contributed by atoms with Crippen LogP contribution in [0.2, 0.25) is 0 Å². The number of aromatic nitrogens is 2. The van der Waals surface area contributed by atoms with Gasteiger partial charge >= 0.3 is 0 Å². The molecule has 0 unspecified atom stereocenters. The number of methoxy groups -OCH3 is 1. The van der Waals surface area contributed by atoms with Crippen molar-refractivity contribution >= 4 is 17.2 Å². The average Bonchev–Trinajstić information content (AvgIpc) is 3.14. The van der Waals surface area contributed by atoms with E-state index in [0.29, 0.717) is 11.3 Å². The normalized spacial score (nSPS) is 10.9. The molecule has 0 aliphatic carbocycles. The van der Waals surface area contributed by atoms with Gasteiger partial charge in [-0.2, -0.15) is 0 Å². The fourth-order valence-corrected chi connectivity index (χ4v) is 3.03. The van der Waals surface area contributed by atoms with E-state index in [0.717, 1.165) is 16.8 Å². The lowest BCUT2D eigenvalue weighted by Gasteiger charge is -2.05. The van der Waals surface area contributed by atoms with Gasteiger partial charge in [0.1, 0.15) is 6.61 Å². The Bertz CT molecular complexity index is 1070. The van der Waals surface area contributed by atoms with Crippen LogP contribution in [-0.2, 0) is 9.53 Å². The Morgan fingerprint density at radius 1 is 0.963 bits per heavy atom. The van der Waals surface area contributed by atoms with Gasteiger partial charge in [0.15, 0.2) is 5.65 Å². The predicted octanol–water partition coefficient (Wildman–Crippen LogP) is 4.25. The second-order valence-corrected chi connectivity index (χ2v) is 6.20. The first-order chi connectivity index (χ1) is 13.2. The van der Waals surface area contributed by atoms with E-state index in [1.54, 1.807) is 0 Å². The highest BCUT2D eigenvalue weighted by Crippen LogP contribution is 2.26. The minimum Gasteiger partial charge on any atom is -0.375 e. The van der Waals surface area contributed by atoms with Crippen LogP contribution >= 0.6 is 0 Å². The fourth-order valence-electron chi connectivity index (χ4n) is 3.03. The zero-order chi connectivity index (χ0) is 18.6. The smallest absolute Gasteiger partial charge is 0.250 e. The molecule has 27 heavy (non-hydrogen) atoms. The van der Waals surface area contributed by atoms with Gasteiger partial charge in [0.05, 0.1) is 11.4 Å². The summed E-state index contributed by atoms with van der Waals surface area (Å²) in [7, 11) is 1.49. The van der Waals surface area contributed by atoms with Crippen molar-refractivity contribution in [3.63, 3.8) is 0 Å². The van der Waals surface area contributed by atoms with Gasteiger partial charge in [-0.15, -0.1) is 0 Å². The summed E-state index contributed by atoms with van der Waals surface area (Å²) < 4.78 is 6.78. The number of imidazole rings is 1.